The topological polar surface area (TPSA) is 67.9 Å². The van der Waals surface area contributed by atoms with E-state index in [-0.39, 0.29) is 18.4 Å². The number of aryl methyl sites for hydroxylation is 1. The Labute approximate surface area is 161 Å². The molecule has 1 heterocycles. The van der Waals surface area contributed by atoms with E-state index < -0.39 is 11.8 Å². The third-order valence-electron chi connectivity index (χ3n) is 5.69. The normalized spacial score (nSPS) is 27.7. The molecule has 0 bridgehead atoms. The van der Waals surface area contributed by atoms with Gasteiger partial charge in [0, 0.05) is 19.2 Å². The summed E-state index contributed by atoms with van der Waals surface area (Å²) < 4.78 is 11.2. The molecule has 1 aromatic rings. The first-order chi connectivity index (χ1) is 13.0. The Morgan fingerprint density at radius 1 is 1.37 bits per heavy atom. The van der Waals surface area contributed by atoms with Crippen LogP contribution in [0.3, 0.4) is 0 Å². The fraction of sp³-hybridized carbons (Fsp3) is 0.619. The monoisotopic (exact) mass is 374 g/mol. The van der Waals surface area contributed by atoms with Gasteiger partial charge in [0.1, 0.15) is 11.8 Å². The van der Waals surface area contributed by atoms with E-state index in [0.29, 0.717) is 24.6 Å². The van der Waals surface area contributed by atoms with E-state index >= 15 is 0 Å². The molecule has 6 heteroatoms. The largest absolute Gasteiger partial charge is 0.383 e. The highest BCUT2D eigenvalue weighted by Crippen LogP contribution is 2.43. The SMILES string of the molecule is COCCNC(=O)[C@@H]1CO[C@@]2(CCC[C@@H](C)C2)N1C(=O)c1ccccc1C. The fourth-order valence-corrected chi connectivity index (χ4v) is 4.34. The number of rotatable bonds is 5. The third-order valence-corrected chi connectivity index (χ3v) is 5.69. The van der Waals surface area contributed by atoms with Crippen molar-refractivity contribution in [2.24, 2.45) is 5.92 Å². The first kappa shape index (κ1) is 19.8. The van der Waals surface area contributed by atoms with Crippen LogP contribution in [-0.2, 0) is 14.3 Å². The molecule has 2 amide bonds. The lowest BCUT2D eigenvalue weighted by Crippen LogP contribution is -2.57. The molecule has 6 nitrogen and oxygen atoms in total. The van der Waals surface area contributed by atoms with E-state index in [0.717, 1.165) is 31.2 Å². The Balaban J connectivity index is 1.91. The van der Waals surface area contributed by atoms with Gasteiger partial charge in [-0.2, -0.15) is 0 Å². The molecule has 2 aliphatic rings. The minimum absolute atomic E-state index is 0.119. The fourth-order valence-electron chi connectivity index (χ4n) is 4.34. The van der Waals surface area contributed by atoms with Gasteiger partial charge >= 0.3 is 0 Å². The lowest BCUT2D eigenvalue weighted by molar-refractivity contribution is -0.128. The molecule has 1 saturated heterocycles. The van der Waals surface area contributed by atoms with E-state index in [4.69, 9.17) is 9.47 Å². The van der Waals surface area contributed by atoms with Crippen LogP contribution in [0.2, 0.25) is 0 Å². The molecule has 1 aliphatic heterocycles. The number of nitrogens with one attached hydrogen (secondary N) is 1. The summed E-state index contributed by atoms with van der Waals surface area (Å²) in [6.45, 7) is 5.21. The van der Waals surface area contributed by atoms with Crippen LogP contribution in [0.25, 0.3) is 0 Å². The van der Waals surface area contributed by atoms with E-state index in [1.165, 1.54) is 0 Å². The molecule has 0 radical (unpaired) electrons. The van der Waals surface area contributed by atoms with Gasteiger partial charge in [0.2, 0.25) is 5.91 Å². The molecule has 148 valence electrons. The van der Waals surface area contributed by atoms with Crippen LogP contribution in [0, 0.1) is 12.8 Å². The highest BCUT2D eigenvalue weighted by atomic mass is 16.5. The number of benzene rings is 1. The number of hydrogen-bond donors (Lipinski definition) is 1. The number of nitrogens with zero attached hydrogens (tertiary/aromatic N) is 1. The first-order valence-electron chi connectivity index (χ1n) is 9.78. The maximum absolute atomic E-state index is 13.5. The van der Waals surface area contributed by atoms with Crippen LogP contribution < -0.4 is 5.32 Å². The van der Waals surface area contributed by atoms with Crippen LogP contribution in [-0.4, -0.2) is 55.3 Å². The zero-order chi connectivity index (χ0) is 19.4. The molecular formula is C21H30N2O4. The minimum Gasteiger partial charge on any atom is -0.383 e. The Morgan fingerprint density at radius 2 is 2.15 bits per heavy atom. The molecule has 1 aromatic carbocycles. The van der Waals surface area contributed by atoms with Crippen molar-refractivity contribution in [2.75, 3.05) is 26.9 Å². The molecular weight excluding hydrogens is 344 g/mol. The number of amides is 2. The van der Waals surface area contributed by atoms with Crippen molar-refractivity contribution in [1.29, 1.82) is 0 Å². The van der Waals surface area contributed by atoms with Gasteiger partial charge in [0.25, 0.3) is 5.91 Å². The second kappa shape index (κ2) is 8.40. The predicted octanol–water partition coefficient (Wildman–Crippen LogP) is 2.51. The Kier molecular flexibility index (Phi) is 6.17. The number of methoxy groups -OCH3 is 1. The summed E-state index contributed by atoms with van der Waals surface area (Å²) in [5.41, 5.74) is 0.863. The number of carbonyl (C=O) groups is 2. The Hall–Kier alpha value is -1.92. The molecule has 3 rings (SSSR count). The van der Waals surface area contributed by atoms with Gasteiger partial charge in [-0.1, -0.05) is 31.5 Å². The van der Waals surface area contributed by atoms with Crippen molar-refractivity contribution in [3.8, 4) is 0 Å². The number of hydrogen-bond acceptors (Lipinski definition) is 4. The van der Waals surface area contributed by atoms with Crippen molar-refractivity contribution < 1.29 is 19.1 Å². The van der Waals surface area contributed by atoms with Crippen LogP contribution in [0.15, 0.2) is 24.3 Å². The highest BCUT2D eigenvalue weighted by Gasteiger charge is 2.54. The summed E-state index contributed by atoms with van der Waals surface area (Å²) in [6, 6.07) is 6.92. The summed E-state index contributed by atoms with van der Waals surface area (Å²) in [5.74, 6) is 0.164. The Bertz CT molecular complexity index is 693. The molecule has 1 saturated carbocycles. The van der Waals surface area contributed by atoms with Gasteiger partial charge in [-0.3, -0.25) is 14.5 Å². The Morgan fingerprint density at radius 3 is 2.85 bits per heavy atom. The van der Waals surface area contributed by atoms with Crippen molar-refractivity contribution >= 4 is 11.8 Å². The van der Waals surface area contributed by atoms with Gasteiger partial charge in [-0.05, 0) is 43.7 Å². The molecule has 1 N–H and O–H groups in total. The third kappa shape index (κ3) is 4.01. The average Bonchev–Trinajstić information content (AvgIpc) is 3.00. The standard InChI is InChI=1S/C21H30N2O4/c1-15-7-6-10-21(13-15)23(20(25)17-9-5-4-8-16(17)2)18(14-27-21)19(24)22-11-12-26-3/h4-5,8-9,15,18H,6-7,10-14H2,1-3H3,(H,22,24)/t15-,18+,21-/m1/s1. The second-order valence-corrected chi connectivity index (χ2v) is 7.75. The molecule has 2 fully saturated rings. The molecule has 1 spiro atoms. The lowest BCUT2D eigenvalue weighted by Gasteiger charge is -2.43. The summed E-state index contributed by atoms with van der Waals surface area (Å²) in [6.07, 6.45) is 3.67. The number of ether oxygens (including phenoxy) is 2. The number of carbonyl (C=O) groups excluding carboxylic acids is 2. The molecule has 3 atom stereocenters. The van der Waals surface area contributed by atoms with E-state index in [9.17, 15) is 9.59 Å². The predicted molar refractivity (Wildman–Crippen MR) is 102 cm³/mol. The molecule has 27 heavy (non-hydrogen) atoms. The summed E-state index contributed by atoms with van der Waals surface area (Å²) >= 11 is 0. The maximum Gasteiger partial charge on any atom is 0.257 e. The van der Waals surface area contributed by atoms with Crippen molar-refractivity contribution in [2.45, 2.75) is 51.3 Å². The average molecular weight is 374 g/mol. The minimum atomic E-state index is -0.680. The van der Waals surface area contributed by atoms with Crippen LogP contribution in [0.5, 0.6) is 0 Å². The lowest BCUT2D eigenvalue weighted by atomic mass is 9.82. The highest BCUT2D eigenvalue weighted by molar-refractivity contribution is 5.99. The van der Waals surface area contributed by atoms with E-state index in [1.807, 2.05) is 31.2 Å². The maximum atomic E-state index is 13.5. The second-order valence-electron chi connectivity index (χ2n) is 7.75. The zero-order valence-electron chi connectivity index (χ0n) is 16.5. The van der Waals surface area contributed by atoms with Gasteiger partial charge in [-0.25, -0.2) is 0 Å². The van der Waals surface area contributed by atoms with Crippen molar-refractivity contribution in [3.05, 3.63) is 35.4 Å². The molecule has 0 unspecified atom stereocenters. The van der Waals surface area contributed by atoms with Gasteiger partial charge < -0.3 is 14.8 Å². The van der Waals surface area contributed by atoms with Crippen molar-refractivity contribution in [3.63, 3.8) is 0 Å². The molecule has 0 aromatic heterocycles. The van der Waals surface area contributed by atoms with Crippen LogP contribution in [0.1, 0.15) is 48.5 Å². The van der Waals surface area contributed by atoms with E-state index in [2.05, 4.69) is 12.2 Å². The van der Waals surface area contributed by atoms with Gasteiger partial charge in [0.05, 0.1) is 13.2 Å². The van der Waals surface area contributed by atoms with Crippen LogP contribution >= 0.6 is 0 Å². The smallest absolute Gasteiger partial charge is 0.257 e. The summed E-state index contributed by atoms with van der Waals surface area (Å²) in [4.78, 5) is 28.1. The first-order valence-corrected chi connectivity index (χ1v) is 9.78. The van der Waals surface area contributed by atoms with Gasteiger partial charge in [0.15, 0.2) is 0 Å². The summed E-state index contributed by atoms with van der Waals surface area (Å²) in [7, 11) is 1.59. The van der Waals surface area contributed by atoms with Gasteiger partial charge in [-0.15, -0.1) is 0 Å². The summed E-state index contributed by atoms with van der Waals surface area (Å²) in [5, 5.41) is 2.87. The zero-order valence-corrected chi connectivity index (χ0v) is 16.5. The van der Waals surface area contributed by atoms with E-state index in [1.54, 1.807) is 12.0 Å². The quantitative estimate of drug-likeness (QED) is 0.804. The van der Waals surface area contributed by atoms with Crippen molar-refractivity contribution in [1.82, 2.24) is 10.2 Å². The van der Waals surface area contributed by atoms with Crippen LogP contribution in [0.4, 0.5) is 0 Å². The molecule has 1 aliphatic carbocycles.